The third-order valence-corrected chi connectivity index (χ3v) is 5.62. The number of piperidine rings is 1. The number of nitrogens with one attached hydrogen (secondary N) is 1. The Morgan fingerprint density at radius 1 is 1.19 bits per heavy atom. The highest BCUT2D eigenvalue weighted by molar-refractivity contribution is 6.05. The molecule has 1 unspecified atom stereocenters. The van der Waals surface area contributed by atoms with Crippen molar-refractivity contribution in [2.75, 3.05) is 19.0 Å². The van der Waals surface area contributed by atoms with E-state index in [1.54, 1.807) is 25.6 Å². The maximum atomic E-state index is 12.8. The fraction of sp³-hybridized carbons (Fsp3) is 0.333. The van der Waals surface area contributed by atoms with Crippen LogP contribution in [0.25, 0.3) is 0 Å². The second-order valence-electron chi connectivity index (χ2n) is 7.73. The van der Waals surface area contributed by atoms with Crippen LogP contribution in [0.1, 0.15) is 52.7 Å². The highest BCUT2D eigenvalue weighted by atomic mass is 16.5. The molecule has 2 aromatic heterocycles. The maximum absolute atomic E-state index is 12.8. The van der Waals surface area contributed by atoms with Gasteiger partial charge in [0.2, 0.25) is 0 Å². The number of methoxy groups -OCH3 is 1. The first-order chi connectivity index (χ1) is 15.2. The summed E-state index contributed by atoms with van der Waals surface area (Å²) in [6.07, 6.45) is 8.65. The summed E-state index contributed by atoms with van der Waals surface area (Å²) in [6, 6.07) is 11.5. The highest BCUT2D eigenvalue weighted by Crippen LogP contribution is 2.30. The van der Waals surface area contributed by atoms with Gasteiger partial charge in [-0.1, -0.05) is 24.6 Å². The van der Waals surface area contributed by atoms with E-state index in [9.17, 15) is 4.79 Å². The first-order valence-electron chi connectivity index (χ1n) is 10.6. The van der Waals surface area contributed by atoms with Gasteiger partial charge in [-0.25, -0.2) is 9.97 Å². The van der Waals surface area contributed by atoms with Crippen molar-refractivity contribution in [2.24, 2.45) is 0 Å². The summed E-state index contributed by atoms with van der Waals surface area (Å²) in [5.74, 6) is 1.14. The maximum Gasteiger partial charge on any atom is 0.259 e. The average molecular weight is 418 g/mol. The Morgan fingerprint density at radius 2 is 2.06 bits per heavy atom. The number of carbonyl (C=O) groups is 1. The van der Waals surface area contributed by atoms with Crippen LogP contribution in [0.3, 0.4) is 0 Å². The number of nitrogens with zero attached hydrogens (tertiary/aromatic N) is 4. The van der Waals surface area contributed by atoms with Crippen LogP contribution in [-0.4, -0.2) is 39.4 Å². The summed E-state index contributed by atoms with van der Waals surface area (Å²) in [7, 11) is 1.58. The number of likely N-dealkylation sites (tertiary alicyclic amines) is 1. The number of benzene rings is 1. The molecular formula is C24H27N5O2. The Kier molecular flexibility index (Phi) is 6.52. The SMILES string of the molecule is COc1ccccc1NC(=O)c1cnc(C2CCCCN2Cc2cccnc2)nc1C. The molecule has 3 aromatic rings. The lowest BCUT2D eigenvalue weighted by atomic mass is 10.0. The van der Waals surface area contributed by atoms with E-state index < -0.39 is 0 Å². The zero-order chi connectivity index (χ0) is 21.6. The van der Waals surface area contributed by atoms with Crippen LogP contribution < -0.4 is 10.1 Å². The predicted molar refractivity (Wildman–Crippen MR) is 119 cm³/mol. The molecule has 1 atom stereocenters. The van der Waals surface area contributed by atoms with Crippen molar-refractivity contribution in [3.63, 3.8) is 0 Å². The van der Waals surface area contributed by atoms with Crippen LogP contribution in [0.2, 0.25) is 0 Å². The number of hydrogen-bond donors (Lipinski definition) is 1. The number of ether oxygens (including phenoxy) is 1. The molecule has 1 aliphatic rings. The van der Waals surface area contributed by atoms with Crippen molar-refractivity contribution in [1.29, 1.82) is 0 Å². The van der Waals surface area contributed by atoms with Crippen molar-refractivity contribution < 1.29 is 9.53 Å². The van der Waals surface area contributed by atoms with Gasteiger partial charge in [0, 0.05) is 25.1 Å². The molecule has 4 rings (SSSR count). The fourth-order valence-electron chi connectivity index (χ4n) is 4.00. The van der Waals surface area contributed by atoms with Crippen molar-refractivity contribution >= 4 is 11.6 Å². The summed E-state index contributed by atoms with van der Waals surface area (Å²) in [5, 5.41) is 2.90. The van der Waals surface area contributed by atoms with Gasteiger partial charge in [0.1, 0.15) is 11.6 Å². The van der Waals surface area contributed by atoms with Crippen molar-refractivity contribution in [1.82, 2.24) is 19.9 Å². The second-order valence-corrected chi connectivity index (χ2v) is 7.73. The molecule has 1 N–H and O–H groups in total. The van der Waals surface area contributed by atoms with E-state index >= 15 is 0 Å². The number of carbonyl (C=O) groups excluding carboxylic acids is 1. The smallest absolute Gasteiger partial charge is 0.259 e. The number of aromatic nitrogens is 3. The minimum atomic E-state index is -0.246. The first kappa shape index (κ1) is 20.9. The molecule has 0 spiro atoms. The number of para-hydroxylation sites is 2. The number of hydrogen-bond acceptors (Lipinski definition) is 6. The van der Waals surface area contributed by atoms with Gasteiger partial charge in [0.25, 0.3) is 5.91 Å². The Balaban J connectivity index is 1.52. The normalized spacial score (nSPS) is 16.6. The third-order valence-electron chi connectivity index (χ3n) is 5.62. The molecule has 3 heterocycles. The van der Waals surface area contributed by atoms with Gasteiger partial charge in [-0.05, 0) is 50.1 Å². The summed E-state index contributed by atoms with van der Waals surface area (Å²) >= 11 is 0. The van der Waals surface area contributed by atoms with Gasteiger partial charge in [0.15, 0.2) is 0 Å². The highest BCUT2D eigenvalue weighted by Gasteiger charge is 2.27. The van der Waals surface area contributed by atoms with Gasteiger partial charge in [-0.15, -0.1) is 0 Å². The molecule has 1 aromatic carbocycles. The molecule has 1 fully saturated rings. The Hall–Kier alpha value is -3.32. The summed E-state index contributed by atoms with van der Waals surface area (Å²) in [6.45, 7) is 3.67. The number of pyridine rings is 1. The van der Waals surface area contributed by atoms with Crippen LogP contribution >= 0.6 is 0 Å². The quantitative estimate of drug-likeness (QED) is 0.648. The van der Waals surface area contributed by atoms with E-state index in [0.29, 0.717) is 22.7 Å². The van der Waals surface area contributed by atoms with E-state index in [-0.39, 0.29) is 11.9 Å². The lowest BCUT2D eigenvalue weighted by Gasteiger charge is -2.34. The van der Waals surface area contributed by atoms with E-state index in [0.717, 1.165) is 38.2 Å². The average Bonchev–Trinajstić information content (AvgIpc) is 2.80. The zero-order valence-corrected chi connectivity index (χ0v) is 17.9. The summed E-state index contributed by atoms with van der Waals surface area (Å²) in [4.78, 5) is 28.8. The molecule has 1 saturated heterocycles. The molecule has 7 nitrogen and oxygen atoms in total. The van der Waals surface area contributed by atoms with Gasteiger partial charge >= 0.3 is 0 Å². The molecule has 0 radical (unpaired) electrons. The summed E-state index contributed by atoms with van der Waals surface area (Å²) < 4.78 is 5.32. The van der Waals surface area contributed by atoms with Gasteiger partial charge in [-0.2, -0.15) is 0 Å². The van der Waals surface area contributed by atoms with Crippen molar-refractivity contribution in [2.45, 2.75) is 38.8 Å². The minimum Gasteiger partial charge on any atom is -0.495 e. The molecule has 31 heavy (non-hydrogen) atoms. The molecule has 0 saturated carbocycles. The first-order valence-corrected chi connectivity index (χ1v) is 10.6. The lowest BCUT2D eigenvalue weighted by Crippen LogP contribution is -2.34. The second kappa shape index (κ2) is 9.66. The monoisotopic (exact) mass is 417 g/mol. The molecule has 0 aliphatic carbocycles. The standard InChI is InChI=1S/C24H27N5O2/c1-17-19(24(30)28-20-9-3-4-11-22(20)31-2)15-26-23(27-17)21-10-5-6-13-29(21)16-18-8-7-12-25-14-18/h3-4,7-9,11-12,14-15,21H,5-6,10,13,16H2,1-2H3,(H,28,30). The minimum absolute atomic E-state index is 0.138. The van der Waals surface area contributed by atoms with E-state index in [1.165, 1.54) is 5.56 Å². The van der Waals surface area contributed by atoms with Crippen LogP contribution in [0.15, 0.2) is 55.0 Å². The molecule has 1 aliphatic heterocycles. The Labute approximate surface area is 182 Å². The van der Waals surface area contributed by atoms with Crippen molar-refractivity contribution in [3.05, 3.63) is 77.6 Å². The van der Waals surface area contributed by atoms with Crippen LogP contribution in [0.4, 0.5) is 5.69 Å². The molecule has 1 amide bonds. The Morgan fingerprint density at radius 3 is 2.84 bits per heavy atom. The lowest BCUT2D eigenvalue weighted by molar-refractivity contribution is 0.102. The zero-order valence-electron chi connectivity index (χ0n) is 17.9. The van der Waals surface area contributed by atoms with Crippen LogP contribution in [0.5, 0.6) is 5.75 Å². The molecule has 160 valence electrons. The van der Waals surface area contributed by atoms with Crippen LogP contribution in [0, 0.1) is 6.92 Å². The molecule has 0 bridgehead atoms. The number of anilines is 1. The molecular weight excluding hydrogens is 390 g/mol. The third kappa shape index (κ3) is 4.88. The van der Waals surface area contributed by atoms with Gasteiger partial charge in [-0.3, -0.25) is 14.7 Å². The number of amides is 1. The van der Waals surface area contributed by atoms with Crippen molar-refractivity contribution in [3.8, 4) is 5.75 Å². The Bertz CT molecular complexity index is 1040. The van der Waals surface area contributed by atoms with Crippen LogP contribution in [-0.2, 0) is 6.54 Å². The fourth-order valence-corrected chi connectivity index (χ4v) is 4.00. The van der Waals surface area contributed by atoms with E-state index in [2.05, 4.69) is 26.3 Å². The largest absolute Gasteiger partial charge is 0.495 e. The molecule has 7 heteroatoms. The van der Waals surface area contributed by atoms with E-state index in [4.69, 9.17) is 9.72 Å². The number of rotatable bonds is 6. The topological polar surface area (TPSA) is 80.2 Å². The van der Waals surface area contributed by atoms with Gasteiger partial charge in [0.05, 0.1) is 30.1 Å². The summed E-state index contributed by atoms with van der Waals surface area (Å²) in [5.41, 5.74) is 2.93. The number of aryl methyl sites for hydroxylation is 1. The van der Waals surface area contributed by atoms with E-state index in [1.807, 2.05) is 37.4 Å². The predicted octanol–water partition coefficient (Wildman–Crippen LogP) is 4.17. The van der Waals surface area contributed by atoms with Gasteiger partial charge < -0.3 is 10.1 Å².